The van der Waals surface area contributed by atoms with Crippen LogP contribution in [-0.2, 0) is 23.8 Å². The van der Waals surface area contributed by atoms with Crippen LogP contribution < -0.4 is 11.1 Å². The van der Waals surface area contributed by atoms with Gasteiger partial charge in [0.05, 0.1) is 24.6 Å². The number of esters is 2. The highest BCUT2D eigenvalue weighted by molar-refractivity contribution is 9.10. The molecule has 228 valence electrons. The quantitative estimate of drug-likeness (QED) is 0.253. The second-order valence-corrected chi connectivity index (χ2v) is 12.2. The van der Waals surface area contributed by atoms with Crippen LogP contribution in [0.1, 0.15) is 58.6 Å². The summed E-state index contributed by atoms with van der Waals surface area (Å²) in [5.41, 5.74) is 9.15. The van der Waals surface area contributed by atoms with Gasteiger partial charge in [0.1, 0.15) is 17.3 Å². The van der Waals surface area contributed by atoms with Crippen molar-refractivity contribution in [2.75, 3.05) is 13.2 Å². The van der Waals surface area contributed by atoms with E-state index in [1.807, 2.05) is 36.4 Å². The Kier molecular flexibility index (Phi) is 11.8. The molecule has 2 aromatic carbocycles. The van der Waals surface area contributed by atoms with Crippen molar-refractivity contribution in [3.8, 4) is 0 Å². The van der Waals surface area contributed by atoms with E-state index in [-0.39, 0.29) is 19.0 Å². The van der Waals surface area contributed by atoms with Gasteiger partial charge in [-0.2, -0.15) is 0 Å². The zero-order valence-corrected chi connectivity index (χ0v) is 27.8. The van der Waals surface area contributed by atoms with E-state index in [4.69, 9.17) is 19.9 Å². The molecule has 3 N–H and O–H groups in total. The van der Waals surface area contributed by atoms with Crippen LogP contribution >= 0.6 is 31.9 Å². The lowest BCUT2D eigenvalue weighted by Gasteiger charge is -2.20. The van der Waals surface area contributed by atoms with Gasteiger partial charge in [0.2, 0.25) is 0 Å². The highest BCUT2D eigenvalue weighted by atomic mass is 79.9. The van der Waals surface area contributed by atoms with Crippen LogP contribution in [0.25, 0.3) is 12.2 Å². The van der Waals surface area contributed by atoms with Crippen molar-refractivity contribution >= 4 is 85.1 Å². The lowest BCUT2D eigenvalue weighted by atomic mass is 10.1. The normalized spacial score (nSPS) is 13.9. The average Bonchev–Trinajstić information content (AvgIpc) is 3.18. The van der Waals surface area contributed by atoms with Crippen LogP contribution in [-0.4, -0.2) is 48.5 Å². The summed E-state index contributed by atoms with van der Waals surface area (Å²) in [6.45, 7) is 9.47. The molecule has 0 aliphatic carbocycles. The van der Waals surface area contributed by atoms with Gasteiger partial charge in [-0.15, -0.1) is 0 Å². The molecule has 2 aromatic rings. The number of benzene rings is 2. The van der Waals surface area contributed by atoms with E-state index in [0.717, 1.165) is 25.8 Å². The van der Waals surface area contributed by atoms with Gasteiger partial charge in [-0.1, -0.05) is 44.0 Å². The zero-order chi connectivity index (χ0) is 31.7. The van der Waals surface area contributed by atoms with E-state index >= 15 is 0 Å². The number of amidine groups is 2. The summed E-state index contributed by atoms with van der Waals surface area (Å²) in [6.07, 6.45) is 3.35. The number of ether oxygens (including phenoxy) is 3. The van der Waals surface area contributed by atoms with Crippen molar-refractivity contribution in [2.45, 2.75) is 53.1 Å². The van der Waals surface area contributed by atoms with Gasteiger partial charge in [-0.3, -0.25) is 5.32 Å². The van der Waals surface area contributed by atoms with Crippen LogP contribution in [0.5, 0.6) is 0 Å². The molecule has 4 rings (SSSR count). The Morgan fingerprint density at radius 1 is 0.837 bits per heavy atom. The summed E-state index contributed by atoms with van der Waals surface area (Å²) in [5.74, 6) is -0.0417. The highest BCUT2D eigenvalue weighted by Crippen LogP contribution is 2.31. The Bertz CT molecular complexity index is 1520. The van der Waals surface area contributed by atoms with Crippen LogP contribution in [0.2, 0.25) is 0 Å². The number of aliphatic imine (C=N–C) groups is 2. The molecule has 0 spiro atoms. The van der Waals surface area contributed by atoms with E-state index in [1.165, 1.54) is 0 Å². The first kappa shape index (κ1) is 33.7. The molecule has 0 atom stereocenters. The van der Waals surface area contributed by atoms with Crippen molar-refractivity contribution in [3.63, 3.8) is 0 Å². The summed E-state index contributed by atoms with van der Waals surface area (Å²) in [6, 6.07) is 11.2. The van der Waals surface area contributed by atoms with Crippen molar-refractivity contribution in [3.05, 3.63) is 67.6 Å². The number of carbonyl (C=O) groups excluding carboxylic acids is 3. The van der Waals surface area contributed by atoms with Gasteiger partial charge < -0.3 is 19.9 Å². The SMILES string of the molecule is CCOC(=O)C1=Cc2ccc(Br)cc2N=C(N)C1.CCOC(=O)C1=Cc2ccc(Br)cc2N=C(NC(=O)OC(C)(C)C)C1. The van der Waals surface area contributed by atoms with Crippen LogP contribution in [0.3, 0.4) is 0 Å². The number of fused-ring (bicyclic) bond motifs is 2. The monoisotopic (exact) mass is 716 g/mol. The van der Waals surface area contributed by atoms with Crippen molar-refractivity contribution in [2.24, 2.45) is 15.7 Å². The summed E-state index contributed by atoms with van der Waals surface area (Å²) in [7, 11) is 0. The number of amides is 1. The molecule has 10 nitrogen and oxygen atoms in total. The third kappa shape index (κ3) is 10.5. The Hall–Kier alpha value is -3.77. The Balaban J connectivity index is 0.000000248. The number of nitrogens with one attached hydrogen (secondary N) is 1. The number of halogens is 2. The largest absolute Gasteiger partial charge is 0.463 e. The number of alkyl carbamates (subject to hydrolysis) is 1. The molecule has 2 aliphatic rings. The fourth-order valence-corrected chi connectivity index (χ4v) is 4.60. The summed E-state index contributed by atoms with van der Waals surface area (Å²) >= 11 is 6.78. The fourth-order valence-electron chi connectivity index (χ4n) is 3.91. The number of nitrogens with zero attached hydrogens (tertiary/aromatic N) is 2. The van der Waals surface area contributed by atoms with Crippen LogP contribution in [0.15, 0.2) is 66.5 Å². The van der Waals surface area contributed by atoms with Gasteiger partial charge in [-0.05, 0) is 71.0 Å². The summed E-state index contributed by atoms with van der Waals surface area (Å²) < 4.78 is 17.1. The minimum atomic E-state index is -0.629. The molecule has 43 heavy (non-hydrogen) atoms. The zero-order valence-electron chi connectivity index (χ0n) is 24.6. The van der Waals surface area contributed by atoms with Crippen LogP contribution in [0, 0.1) is 0 Å². The van der Waals surface area contributed by atoms with Crippen molar-refractivity contribution in [1.82, 2.24) is 5.32 Å². The van der Waals surface area contributed by atoms with Gasteiger partial charge in [0.25, 0.3) is 0 Å². The Morgan fingerprint density at radius 3 is 1.81 bits per heavy atom. The molecule has 2 aliphatic heterocycles. The second kappa shape index (κ2) is 15.1. The predicted octanol–water partition coefficient (Wildman–Crippen LogP) is 7.14. The Morgan fingerprint density at radius 2 is 1.33 bits per heavy atom. The third-order valence-corrected chi connectivity index (χ3v) is 6.60. The van der Waals surface area contributed by atoms with E-state index in [2.05, 4.69) is 47.2 Å². The first-order valence-electron chi connectivity index (χ1n) is 13.5. The minimum Gasteiger partial charge on any atom is -0.463 e. The molecule has 0 fully saturated rings. The number of carbonyl (C=O) groups is 3. The first-order chi connectivity index (χ1) is 20.3. The topological polar surface area (TPSA) is 142 Å². The summed E-state index contributed by atoms with van der Waals surface area (Å²) in [5, 5.41) is 2.63. The minimum absolute atomic E-state index is 0.143. The molecule has 0 radical (unpaired) electrons. The first-order valence-corrected chi connectivity index (χ1v) is 15.1. The average molecular weight is 718 g/mol. The van der Waals surface area contributed by atoms with Gasteiger partial charge in [0.15, 0.2) is 0 Å². The molecular weight excluding hydrogens is 684 g/mol. The standard InChI is InChI=1S/C18H21BrN2O4.C13H13BrN2O2/c1-5-24-16(22)12-8-11-6-7-13(19)10-14(11)20-15(9-12)21-17(23)25-18(2,3)4;1-2-18-13(17)9-5-8-3-4-10(14)7-11(8)16-12(15)6-9/h6-8,10H,5,9H2,1-4H3,(H,20,21,23);3-5,7H,2,6H2,1H3,(H2,15,16). The Labute approximate surface area is 267 Å². The predicted molar refractivity (Wildman–Crippen MR) is 174 cm³/mol. The van der Waals surface area contributed by atoms with E-state index in [1.54, 1.807) is 46.8 Å². The van der Waals surface area contributed by atoms with Gasteiger partial charge >= 0.3 is 18.0 Å². The molecular formula is C31H34Br2N4O6. The molecule has 0 aromatic heterocycles. The van der Waals surface area contributed by atoms with E-state index < -0.39 is 17.7 Å². The molecule has 12 heteroatoms. The van der Waals surface area contributed by atoms with Gasteiger partial charge in [0, 0.05) is 44.1 Å². The maximum Gasteiger partial charge on any atom is 0.413 e. The lowest BCUT2D eigenvalue weighted by molar-refractivity contribution is -0.139. The van der Waals surface area contributed by atoms with E-state index in [0.29, 0.717) is 41.5 Å². The van der Waals surface area contributed by atoms with E-state index in [9.17, 15) is 14.4 Å². The number of rotatable bonds is 4. The lowest BCUT2D eigenvalue weighted by Crippen LogP contribution is -2.36. The molecule has 2 heterocycles. The van der Waals surface area contributed by atoms with Crippen molar-refractivity contribution < 1.29 is 28.6 Å². The van der Waals surface area contributed by atoms with Gasteiger partial charge in [-0.25, -0.2) is 24.4 Å². The maximum absolute atomic E-state index is 12.2. The van der Waals surface area contributed by atoms with Crippen molar-refractivity contribution in [1.29, 1.82) is 0 Å². The van der Waals surface area contributed by atoms with Crippen LogP contribution in [0.4, 0.5) is 16.2 Å². The molecule has 0 saturated carbocycles. The second-order valence-electron chi connectivity index (χ2n) is 10.3. The smallest absolute Gasteiger partial charge is 0.413 e. The third-order valence-electron chi connectivity index (χ3n) is 5.61. The maximum atomic E-state index is 12.2. The molecule has 0 saturated heterocycles. The number of hydrogen-bond acceptors (Lipinski definition) is 9. The molecule has 0 unspecified atom stereocenters. The highest BCUT2D eigenvalue weighted by Gasteiger charge is 2.23. The fraction of sp³-hybridized carbons (Fsp3) is 0.323. The number of nitrogens with two attached hydrogens (primary N) is 1. The summed E-state index contributed by atoms with van der Waals surface area (Å²) in [4.78, 5) is 44.8. The molecule has 0 bridgehead atoms. The number of hydrogen-bond donors (Lipinski definition) is 2. The molecule has 1 amide bonds.